The first kappa shape index (κ1) is 14.5. The van der Waals surface area contributed by atoms with Gasteiger partial charge >= 0.3 is 0 Å². The fraction of sp³-hybridized carbons (Fsp3) is 0.143. The second-order valence-corrected chi connectivity index (χ2v) is 6.05. The van der Waals surface area contributed by atoms with E-state index in [-0.39, 0.29) is 12.3 Å². The van der Waals surface area contributed by atoms with Crippen molar-refractivity contribution in [3.63, 3.8) is 0 Å². The molecule has 0 aliphatic heterocycles. The minimum atomic E-state index is -4.00. The fourth-order valence-corrected chi connectivity index (χ4v) is 2.97. The van der Waals surface area contributed by atoms with Crippen molar-refractivity contribution in [2.24, 2.45) is 0 Å². The van der Waals surface area contributed by atoms with Gasteiger partial charge < -0.3 is 5.11 Å². The lowest BCUT2D eigenvalue weighted by Gasteiger charge is -2.10. The molecule has 4 nitrogen and oxygen atoms in total. The van der Waals surface area contributed by atoms with Crippen molar-refractivity contribution >= 4 is 15.7 Å². The van der Waals surface area contributed by atoms with Crippen LogP contribution in [0.25, 0.3) is 0 Å². The van der Waals surface area contributed by atoms with Gasteiger partial charge in [0.05, 0.1) is 6.61 Å². The number of halogens is 1. The summed E-state index contributed by atoms with van der Waals surface area (Å²) in [5, 5.41) is 9.02. The molecule has 106 valence electrons. The molecule has 0 aliphatic rings. The molecule has 0 amide bonds. The minimum Gasteiger partial charge on any atom is -0.392 e. The molecule has 2 aromatic rings. The molecule has 0 unspecified atom stereocenters. The molecule has 0 aromatic heterocycles. The molecule has 0 radical (unpaired) electrons. The number of hydrogen-bond donors (Lipinski definition) is 2. The van der Waals surface area contributed by atoms with Gasteiger partial charge in [-0.05, 0) is 42.3 Å². The maximum absolute atomic E-state index is 13.7. The average molecular weight is 295 g/mol. The molecule has 0 spiro atoms. The SMILES string of the molecule is Cc1ccc(F)c(S(=O)(=O)Nc2cccc(CO)c2)c1. The number of nitrogens with one attached hydrogen (secondary N) is 1. The first-order chi connectivity index (χ1) is 9.42. The Bertz CT molecular complexity index is 729. The highest BCUT2D eigenvalue weighted by Crippen LogP contribution is 2.20. The Morgan fingerprint density at radius 2 is 1.95 bits per heavy atom. The Labute approximate surface area is 116 Å². The fourth-order valence-electron chi connectivity index (χ4n) is 1.76. The van der Waals surface area contributed by atoms with Crippen LogP contribution < -0.4 is 4.72 Å². The lowest BCUT2D eigenvalue weighted by molar-refractivity contribution is 0.282. The Morgan fingerprint density at radius 1 is 1.20 bits per heavy atom. The van der Waals surface area contributed by atoms with Crippen LogP contribution in [0, 0.1) is 12.7 Å². The highest BCUT2D eigenvalue weighted by Gasteiger charge is 2.19. The molecule has 2 aromatic carbocycles. The molecule has 0 saturated carbocycles. The van der Waals surface area contributed by atoms with E-state index >= 15 is 0 Å². The van der Waals surface area contributed by atoms with Gasteiger partial charge in [-0.3, -0.25) is 4.72 Å². The number of aliphatic hydroxyl groups is 1. The van der Waals surface area contributed by atoms with E-state index in [1.54, 1.807) is 19.1 Å². The van der Waals surface area contributed by atoms with E-state index in [1.165, 1.54) is 24.3 Å². The van der Waals surface area contributed by atoms with E-state index < -0.39 is 20.7 Å². The number of anilines is 1. The van der Waals surface area contributed by atoms with Crippen LogP contribution in [0.3, 0.4) is 0 Å². The van der Waals surface area contributed by atoms with Crippen LogP contribution in [-0.2, 0) is 16.6 Å². The summed E-state index contributed by atoms with van der Waals surface area (Å²) in [7, 11) is -4.00. The van der Waals surface area contributed by atoms with E-state index in [1.807, 2.05) is 0 Å². The van der Waals surface area contributed by atoms with Crippen LogP contribution in [0.1, 0.15) is 11.1 Å². The number of rotatable bonds is 4. The van der Waals surface area contributed by atoms with Crippen molar-refractivity contribution in [3.8, 4) is 0 Å². The summed E-state index contributed by atoms with van der Waals surface area (Å²) in [4.78, 5) is -0.396. The van der Waals surface area contributed by atoms with Gasteiger partial charge in [0.2, 0.25) is 0 Å². The largest absolute Gasteiger partial charge is 0.392 e. The third kappa shape index (κ3) is 3.15. The standard InChI is InChI=1S/C14H14FNO3S/c1-10-5-6-13(15)14(7-10)20(18,19)16-12-4-2-3-11(8-12)9-17/h2-8,16-17H,9H2,1H3. The van der Waals surface area contributed by atoms with Gasteiger partial charge in [0.1, 0.15) is 10.7 Å². The molecule has 2 N–H and O–H groups in total. The van der Waals surface area contributed by atoms with Gasteiger partial charge in [-0.2, -0.15) is 0 Å². The van der Waals surface area contributed by atoms with Gasteiger partial charge in [0.25, 0.3) is 10.0 Å². The third-order valence-electron chi connectivity index (χ3n) is 2.74. The van der Waals surface area contributed by atoms with E-state index in [9.17, 15) is 12.8 Å². The topological polar surface area (TPSA) is 66.4 Å². The maximum atomic E-state index is 13.7. The van der Waals surface area contributed by atoms with Crippen LogP contribution in [0.5, 0.6) is 0 Å². The second-order valence-electron chi connectivity index (χ2n) is 4.40. The van der Waals surface area contributed by atoms with E-state index in [0.29, 0.717) is 11.1 Å². The van der Waals surface area contributed by atoms with Crippen molar-refractivity contribution < 1.29 is 17.9 Å². The zero-order valence-corrected chi connectivity index (χ0v) is 11.6. The highest BCUT2D eigenvalue weighted by atomic mass is 32.2. The zero-order chi connectivity index (χ0) is 14.8. The molecule has 0 fully saturated rings. The van der Waals surface area contributed by atoms with Crippen LogP contribution in [0.4, 0.5) is 10.1 Å². The third-order valence-corrected chi connectivity index (χ3v) is 4.13. The van der Waals surface area contributed by atoms with E-state index in [4.69, 9.17) is 5.11 Å². The number of hydrogen-bond acceptors (Lipinski definition) is 3. The predicted octanol–water partition coefficient (Wildman–Crippen LogP) is 2.43. The smallest absolute Gasteiger partial charge is 0.264 e. The Morgan fingerprint density at radius 3 is 2.65 bits per heavy atom. The summed E-state index contributed by atoms with van der Waals surface area (Å²) in [6.07, 6.45) is 0. The Kier molecular flexibility index (Phi) is 4.06. The van der Waals surface area contributed by atoms with Crippen molar-refractivity contribution in [2.45, 2.75) is 18.4 Å². The van der Waals surface area contributed by atoms with Crippen LogP contribution >= 0.6 is 0 Å². The van der Waals surface area contributed by atoms with Crippen LogP contribution in [0.2, 0.25) is 0 Å². The highest BCUT2D eigenvalue weighted by molar-refractivity contribution is 7.92. The average Bonchev–Trinajstić information content (AvgIpc) is 2.41. The van der Waals surface area contributed by atoms with Gasteiger partial charge in [-0.15, -0.1) is 0 Å². The minimum absolute atomic E-state index is 0.200. The van der Waals surface area contributed by atoms with Crippen molar-refractivity contribution in [2.75, 3.05) is 4.72 Å². The molecular weight excluding hydrogens is 281 g/mol. The normalized spacial score (nSPS) is 11.3. The Balaban J connectivity index is 2.38. The first-order valence-corrected chi connectivity index (χ1v) is 7.39. The first-order valence-electron chi connectivity index (χ1n) is 5.91. The number of sulfonamides is 1. The van der Waals surface area contributed by atoms with Crippen LogP contribution in [-0.4, -0.2) is 13.5 Å². The second kappa shape index (κ2) is 5.60. The quantitative estimate of drug-likeness (QED) is 0.910. The lowest BCUT2D eigenvalue weighted by Crippen LogP contribution is -2.15. The summed E-state index contributed by atoms with van der Waals surface area (Å²) >= 11 is 0. The van der Waals surface area contributed by atoms with Crippen LogP contribution in [0.15, 0.2) is 47.4 Å². The summed E-state index contributed by atoms with van der Waals surface area (Å²) in [5.74, 6) is -0.804. The number of aliphatic hydroxyl groups excluding tert-OH is 1. The monoisotopic (exact) mass is 295 g/mol. The predicted molar refractivity (Wildman–Crippen MR) is 74.3 cm³/mol. The van der Waals surface area contributed by atoms with Gasteiger partial charge in [-0.1, -0.05) is 18.2 Å². The molecule has 0 heterocycles. The van der Waals surface area contributed by atoms with Gasteiger partial charge in [0, 0.05) is 5.69 Å². The molecule has 20 heavy (non-hydrogen) atoms. The van der Waals surface area contributed by atoms with Crippen molar-refractivity contribution in [1.29, 1.82) is 0 Å². The van der Waals surface area contributed by atoms with Gasteiger partial charge in [0.15, 0.2) is 0 Å². The summed E-state index contributed by atoms with van der Waals surface area (Å²) in [5.41, 5.74) is 1.49. The van der Waals surface area contributed by atoms with E-state index in [2.05, 4.69) is 4.72 Å². The molecule has 0 aliphatic carbocycles. The lowest BCUT2D eigenvalue weighted by atomic mass is 10.2. The molecule has 0 bridgehead atoms. The molecule has 0 atom stereocenters. The molecule has 2 rings (SSSR count). The zero-order valence-electron chi connectivity index (χ0n) is 10.8. The number of aryl methyl sites for hydroxylation is 1. The molecular formula is C14H14FNO3S. The number of benzene rings is 2. The van der Waals surface area contributed by atoms with E-state index in [0.717, 1.165) is 6.07 Å². The van der Waals surface area contributed by atoms with Crippen molar-refractivity contribution in [1.82, 2.24) is 0 Å². The maximum Gasteiger partial charge on any atom is 0.264 e. The molecule has 0 saturated heterocycles. The Hall–Kier alpha value is -1.92. The summed E-state index contributed by atoms with van der Waals surface area (Å²) in [6.45, 7) is 1.49. The van der Waals surface area contributed by atoms with Crippen molar-refractivity contribution in [3.05, 3.63) is 59.4 Å². The van der Waals surface area contributed by atoms with Gasteiger partial charge in [-0.25, -0.2) is 12.8 Å². The summed E-state index contributed by atoms with van der Waals surface area (Å²) in [6, 6.07) is 10.2. The molecule has 6 heteroatoms. The summed E-state index contributed by atoms with van der Waals surface area (Å²) < 4.78 is 40.3.